The van der Waals surface area contributed by atoms with Gasteiger partial charge in [-0.2, -0.15) is 94.5 Å². The fourth-order valence-corrected chi connectivity index (χ4v) is 14.9. The summed E-state index contributed by atoms with van der Waals surface area (Å²) in [5.41, 5.74) is 10.0. The lowest BCUT2D eigenvalue weighted by molar-refractivity contribution is -0.140. The maximum Gasteiger partial charge on any atom is 0.407 e. The number of hydrogen-bond acceptors (Lipinski definition) is 17. The second kappa shape index (κ2) is 42.3. The Kier molecular flexibility index (Phi) is 35.7. The molecule has 117 heavy (non-hydrogen) atoms. The summed E-state index contributed by atoms with van der Waals surface area (Å²) in [5.74, 6) is -8.55. The largest absolute Gasteiger partial charge is 0.480 e. The molecular weight excluding hydrogens is 1650 g/mol. The minimum atomic E-state index is -3.25. The number of ether oxygens (including phenoxy) is 3. The van der Waals surface area contributed by atoms with Gasteiger partial charge in [-0.3, -0.25) is 29.2 Å². The number of alkyl halides is 4. The standard InChI is InChI=1S/C44H49F2N7O7.C30H27F2N5O.C7H13NO4.7H2S/c1-23(2)36(49-42(57)59-5)40(55)52-15-7-8-34(52)33-19-30(21-47-33)28-12-11-25-16-27(10-9-26(25)17-28)29-13-14-31-32(18-29)48-38(51-39(31)54)35-20-44(45,46)22-53(35)41(56)37(24(3)4)50-43(58)60-6;31-30(32)14-27(35-16-30)28-36-25-12-21(7-8-23(25)29(38)37-28)19-4-3-18-11-20(6-5-17(18)10-19)22-13-26(34-15-22)24-2-1-9-33-24;1-4(2)5(6(9)10)8-7(11)12-3;;;;;;;/h9-14,16-18,21,23-24,34-37H,7-8,15,19-20,22H2,1-6H3,(H,49,57)(H,50,58)(H,48,51,54);3-8,10-12,15,24,27,33,35H,1-2,9,13-14,16H2,(H,36,37,38);4-5H,1-3H3,(H,8,11)(H,9,10);7*1H2/t34-,35-,36-,37-;24-,27-;5-;;;;;;;/m000......./s1. The van der Waals surface area contributed by atoms with Crippen LogP contribution < -0.4 is 37.7 Å². The molecule has 8 aromatic rings. The molecule has 0 aliphatic carbocycles. The fraction of sp³-hybridized carbons (Fsp3) is 0.407. The number of nitrogens with one attached hydrogen (secondary N) is 7. The first-order chi connectivity index (χ1) is 52.5. The van der Waals surface area contributed by atoms with Crippen molar-refractivity contribution in [3.8, 4) is 22.3 Å². The number of amides is 5. The number of rotatable bonds is 17. The molecule has 6 aliphatic rings. The molecule has 634 valence electrons. The second-order valence-electron chi connectivity index (χ2n) is 29.6. The third-order valence-corrected chi connectivity index (χ3v) is 20.9. The van der Waals surface area contributed by atoms with Crippen LogP contribution in [0.4, 0.5) is 31.9 Å². The van der Waals surface area contributed by atoms with Crippen molar-refractivity contribution in [1.82, 2.24) is 56.3 Å². The number of nitrogens with zero attached hydrogens (tertiary/aromatic N) is 6. The van der Waals surface area contributed by atoms with Gasteiger partial charge in [-0.1, -0.05) is 102 Å². The number of carbonyl (C=O) groups is 6. The van der Waals surface area contributed by atoms with Crippen molar-refractivity contribution in [2.45, 2.75) is 147 Å². The number of aliphatic carboxylic acids is 1. The number of carbonyl (C=O) groups excluding carboxylic acids is 5. The van der Waals surface area contributed by atoms with E-state index in [9.17, 15) is 55.9 Å². The summed E-state index contributed by atoms with van der Waals surface area (Å²) in [6, 6.07) is 31.2. The lowest BCUT2D eigenvalue weighted by Crippen LogP contribution is -2.53. The number of aromatic amines is 2. The first-order valence-corrected chi connectivity index (χ1v) is 36.8. The van der Waals surface area contributed by atoms with Crippen LogP contribution in [0.25, 0.3) is 76.8 Å². The second-order valence-corrected chi connectivity index (χ2v) is 29.6. The van der Waals surface area contributed by atoms with Crippen LogP contribution >= 0.6 is 94.5 Å². The molecule has 4 fully saturated rings. The Morgan fingerprint density at radius 3 is 1.35 bits per heavy atom. The van der Waals surface area contributed by atoms with Crippen LogP contribution in [0.1, 0.15) is 128 Å². The van der Waals surface area contributed by atoms with E-state index >= 15 is 0 Å². The van der Waals surface area contributed by atoms with Gasteiger partial charge in [0.2, 0.25) is 11.8 Å². The van der Waals surface area contributed by atoms with Crippen LogP contribution in [0.5, 0.6) is 0 Å². The van der Waals surface area contributed by atoms with Gasteiger partial charge < -0.3 is 65.7 Å². The molecule has 0 spiro atoms. The number of H-pyrrole nitrogens is 2. The fourth-order valence-electron chi connectivity index (χ4n) is 14.9. The van der Waals surface area contributed by atoms with Crippen LogP contribution in [0, 0.1) is 17.8 Å². The number of benzene rings is 6. The maximum absolute atomic E-state index is 15.0. The Morgan fingerprint density at radius 1 is 0.487 bits per heavy atom. The number of aromatic nitrogens is 4. The van der Waals surface area contributed by atoms with E-state index in [4.69, 9.17) is 19.8 Å². The zero-order valence-corrected chi connectivity index (χ0v) is 72.9. The molecule has 0 radical (unpaired) electrons. The van der Waals surface area contributed by atoms with Gasteiger partial charge in [0.1, 0.15) is 29.8 Å². The van der Waals surface area contributed by atoms with Crippen molar-refractivity contribution >= 4 is 196 Å². The molecular formula is C81H103F4N13O12S7. The Hall–Kier alpha value is -8.75. The number of carboxylic acid groups (broad SMARTS) is 1. The zero-order chi connectivity index (χ0) is 78.6. The van der Waals surface area contributed by atoms with Crippen LogP contribution in [-0.4, -0.2) is 172 Å². The predicted molar refractivity (Wildman–Crippen MR) is 484 cm³/mol. The number of aliphatic imine (C=N–C) groups is 2. The normalized spacial score (nSPS) is 18.8. The minimum Gasteiger partial charge on any atom is -0.480 e. The molecule has 6 aliphatic heterocycles. The molecule has 8 N–H and O–H groups in total. The summed E-state index contributed by atoms with van der Waals surface area (Å²) in [7, 11) is 3.61. The topological polar surface area (TPSA) is 333 Å². The maximum atomic E-state index is 15.0. The molecule has 14 rings (SSSR count). The van der Waals surface area contributed by atoms with Crippen molar-refractivity contribution in [2.75, 3.05) is 47.5 Å². The molecule has 0 saturated carbocycles. The van der Waals surface area contributed by atoms with Crippen LogP contribution in [0.3, 0.4) is 0 Å². The molecule has 6 aromatic carbocycles. The highest BCUT2D eigenvalue weighted by molar-refractivity contribution is 7.60. The smallest absolute Gasteiger partial charge is 0.407 e. The minimum absolute atomic E-state index is 0. The zero-order valence-electron chi connectivity index (χ0n) is 65.9. The van der Waals surface area contributed by atoms with Gasteiger partial charge in [0.15, 0.2) is 0 Å². The molecule has 0 unspecified atom stereocenters. The summed E-state index contributed by atoms with van der Waals surface area (Å²) in [6.07, 6.45) is 5.98. The van der Waals surface area contributed by atoms with Crippen LogP contribution in [-0.2, 0) is 28.6 Å². The van der Waals surface area contributed by atoms with Crippen molar-refractivity contribution in [3.05, 3.63) is 165 Å². The number of alkyl carbamates (subject to hydrolysis) is 3. The van der Waals surface area contributed by atoms with E-state index in [1.165, 1.54) is 37.5 Å². The SMILES string of the molecule is COC(=O)N[C@H](C(=O)N1CCC[C@H]1C1=NC=C(c2ccc3cc(-c4ccc5c(=O)[nH]c([C@@H]6CC(F)(F)CN6C(=O)[C@@H](NC(=O)OC)C(C)C)nc5c4)ccc3c2)C1)C(C)C.COC(=O)N[C@H](C(=O)O)C(C)C.O=c1[nH]c([C@@H]2CC(F)(F)CN2)nc2cc(-c3ccc4cc(C5=CN=C([C@@H]6CCCN6)C5)ccc4c3)ccc12.S.S.S.S.S.S.S. The van der Waals surface area contributed by atoms with Crippen LogP contribution in [0.2, 0.25) is 0 Å². The lowest BCUT2D eigenvalue weighted by atomic mass is 9.94. The molecule has 7 atom stereocenters. The Labute approximate surface area is 723 Å². The predicted octanol–water partition coefficient (Wildman–Crippen LogP) is 13.2. The summed E-state index contributed by atoms with van der Waals surface area (Å²) >= 11 is 0. The lowest BCUT2D eigenvalue weighted by Gasteiger charge is -2.31. The first kappa shape index (κ1) is 98.8. The average molecular weight is 1750 g/mol. The molecule has 25 nitrogen and oxygen atoms in total. The van der Waals surface area contributed by atoms with Gasteiger partial charge in [-0.15, -0.1) is 0 Å². The third-order valence-electron chi connectivity index (χ3n) is 20.9. The molecule has 4 saturated heterocycles. The summed E-state index contributed by atoms with van der Waals surface area (Å²) < 4.78 is 71.0. The molecule has 36 heteroatoms. The van der Waals surface area contributed by atoms with Gasteiger partial charge in [0, 0.05) is 62.1 Å². The number of carboxylic acids is 1. The van der Waals surface area contributed by atoms with Gasteiger partial charge in [0.25, 0.3) is 23.0 Å². The van der Waals surface area contributed by atoms with Crippen molar-refractivity contribution in [1.29, 1.82) is 0 Å². The number of halogens is 4. The number of likely N-dealkylation sites (tertiary alicyclic amines) is 2. The Bertz CT molecular complexity index is 5200. The quantitative estimate of drug-likeness (QED) is 0.0310. The van der Waals surface area contributed by atoms with Gasteiger partial charge >= 0.3 is 24.2 Å². The molecule has 0 bridgehead atoms. The number of hydrogen-bond donors (Lipinski definition) is 8. The van der Waals surface area contributed by atoms with E-state index in [1.54, 1.807) is 52.0 Å². The first-order valence-electron chi connectivity index (χ1n) is 36.8. The highest BCUT2D eigenvalue weighted by Gasteiger charge is 2.51. The highest BCUT2D eigenvalue weighted by atomic mass is 32.1. The van der Waals surface area contributed by atoms with Gasteiger partial charge in [-0.05, 0) is 165 Å². The monoisotopic (exact) mass is 1750 g/mol. The van der Waals surface area contributed by atoms with E-state index in [1.807, 2.05) is 73.6 Å². The van der Waals surface area contributed by atoms with E-state index in [2.05, 4.69) is 98.5 Å². The average Bonchev–Trinajstić information content (AvgIpc) is 1.67. The number of methoxy groups -OCH3 is 3. The van der Waals surface area contributed by atoms with Crippen LogP contribution in [0.15, 0.2) is 141 Å². The summed E-state index contributed by atoms with van der Waals surface area (Å²) in [4.78, 5) is 125. The Morgan fingerprint density at radius 2 is 0.906 bits per heavy atom. The third kappa shape index (κ3) is 23.0. The summed E-state index contributed by atoms with van der Waals surface area (Å²) in [5, 5.41) is 27.2. The van der Waals surface area contributed by atoms with E-state index in [0.29, 0.717) is 29.9 Å². The molecule has 5 amide bonds. The summed E-state index contributed by atoms with van der Waals surface area (Å²) in [6.45, 7) is 10.9. The number of fused-ring (bicyclic) bond motifs is 4. The Balaban J connectivity index is 0.000000367. The van der Waals surface area contributed by atoms with Crippen molar-refractivity contribution < 1.29 is 65.6 Å². The number of allylic oxidation sites excluding steroid dienone is 2. The van der Waals surface area contributed by atoms with Crippen molar-refractivity contribution in [3.63, 3.8) is 0 Å². The van der Waals surface area contributed by atoms with E-state index in [-0.39, 0.29) is 153 Å². The molecule has 8 heterocycles. The van der Waals surface area contributed by atoms with E-state index < -0.39 is 103 Å². The van der Waals surface area contributed by atoms with Crippen molar-refractivity contribution in [2.24, 2.45) is 27.7 Å². The van der Waals surface area contributed by atoms with Gasteiger partial charge in [-0.25, -0.2) is 46.7 Å². The van der Waals surface area contributed by atoms with E-state index in [0.717, 1.165) is 105 Å². The molecule has 2 aromatic heterocycles. The van der Waals surface area contributed by atoms with Gasteiger partial charge in [0.05, 0.1) is 74.4 Å². The highest BCUT2D eigenvalue weighted by Crippen LogP contribution is 2.42.